The van der Waals surface area contributed by atoms with E-state index in [4.69, 9.17) is 9.47 Å². The molecule has 0 fully saturated rings. The van der Waals surface area contributed by atoms with E-state index in [9.17, 15) is 9.59 Å². The van der Waals surface area contributed by atoms with Crippen LogP contribution in [0.4, 0.5) is 11.4 Å². The molecule has 0 aliphatic heterocycles. The van der Waals surface area contributed by atoms with E-state index >= 15 is 0 Å². The van der Waals surface area contributed by atoms with Crippen molar-refractivity contribution < 1.29 is 19.1 Å². The number of nitrogens with one attached hydrogen (secondary N) is 2. The standard InChI is InChI=1S/C26H28N2O4/c1-15-7-9-21(17(3)11-15)27-25(29)19-13-24(32-6)20(14-23(19)31-5)26(30)28-22-10-8-16(2)12-18(22)4/h7-14H,1-6H3,(H,27,29)(H,28,30). The number of methoxy groups -OCH3 is 2. The first-order valence-electron chi connectivity index (χ1n) is 10.3. The van der Waals surface area contributed by atoms with Gasteiger partial charge in [-0.2, -0.15) is 0 Å². The smallest absolute Gasteiger partial charge is 0.259 e. The van der Waals surface area contributed by atoms with Gasteiger partial charge in [0, 0.05) is 11.4 Å². The van der Waals surface area contributed by atoms with Gasteiger partial charge in [0.05, 0.1) is 25.3 Å². The number of aryl methyl sites for hydroxylation is 4. The first-order chi connectivity index (χ1) is 15.2. The maximum atomic E-state index is 13.0. The van der Waals surface area contributed by atoms with Gasteiger partial charge >= 0.3 is 0 Å². The van der Waals surface area contributed by atoms with Crippen molar-refractivity contribution in [1.82, 2.24) is 0 Å². The van der Waals surface area contributed by atoms with E-state index in [1.54, 1.807) is 0 Å². The Morgan fingerprint density at radius 2 is 1.00 bits per heavy atom. The fourth-order valence-corrected chi connectivity index (χ4v) is 3.54. The Morgan fingerprint density at radius 3 is 1.31 bits per heavy atom. The summed E-state index contributed by atoms with van der Waals surface area (Å²) in [4.78, 5) is 26.0. The largest absolute Gasteiger partial charge is 0.496 e. The molecule has 0 spiro atoms. The van der Waals surface area contributed by atoms with Crippen molar-refractivity contribution in [2.75, 3.05) is 24.9 Å². The van der Waals surface area contributed by atoms with Gasteiger partial charge in [0.25, 0.3) is 11.8 Å². The highest BCUT2D eigenvalue weighted by Crippen LogP contribution is 2.31. The van der Waals surface area contributed by atoms with Crippen LogP contribution in [0.1, 0.15) is 43.0 Å². The van der Waals surface area contributed by atoms with E-state index in [-0.39, 0.29) is 34.4 Å². The van der Waals surface area contributed by atoms with Crippen molar-refractivity contribution in [2.24, 2.45) is 0 Å². The van der Waals surface area contributed by atoms with Crippen LogP contribution in [0.5, 0.6) is 11.5 Å². The molecule has 0 aliphatic rings. The summed E-state index contributed by atoms with van der Waals surface area (Å²) in [5.74, 6) is -0.153. The molecule has 3 aromatic carbocycles. The molecule has 0 saturated carbocycles. The van der Waals surface area contributed by atoms with Crippen molar-refractivity contribution >= 4 is 23.2 Å². The summed E-state index contributed by atoms with van der Waals surface area (Å²) in [6, 6.07) is 14.6. The Bertz CT molecular complexity index is 1090. The van der Waals surface area contributed by atoms with Crippen LogP contribution in [0.2, 0.25) is 0 Å². The second-order valence-corrected chi connectivity index (χ2v) is 7.80. The lowest BCUT2D eigenvalue weighted by atomic mass is 10.1. The summed E-state index contributed by atoms with van der Waals surface area (Å²) >= 11 is 0. The van der Waals surface area contributed by atoms with Crippen LogP contribution in [0.25, 0.3) is 0 Å². The predicted octanol–water partition coefficient (Wildman–Crippen LogP) is 5.44. The van der Waals surface area contributed by atoms with Crippen LogP contribution in [0, 0.1) is 27.7 Å². The van der Waals surface area contributed by atoms with Crippen molar-refractivity contribution in [1.29, 1.82) is 0 Å². The highest BCUT2D eigenvalue weighted by Gasteiger charge is 2.22. The minimum Gasteiger partial charge on any atom is -0.496 e. The van der Waals surface area contributed by atoms with Gasteiger partial charge < -0.3 is 20.1 Å². The Morgan fingerprint density at radius 1 is 0.625 bits per heavy atom. The first kappa shape index (κ1) is 22.9. The highest BCUT2D eigenvalue weighted by atomic mass is 16.5. The fourth-order valence-electron chi connectivity index (χ4n) is 3.54. The molecular formula is C26H28N2O4. The Hall–Kier alpha value is -3.80. The van der Waals surface area contributed by atoms with Gasteiger partial charge in [-0.1, -0.05) is 35.4 Å². The van der Waals surface area contributed by atoms with Crippen molar-refractivity contribution in [3.63, 3.8) is 0 Å². The summed E-state index contributed by atoms with van der Waals surface area (Å²) in [7, 11) is 2.92. The third-order valence-corrected chi connectivity index (χ3v) is 5.27. The lowest BCUT2D eigenvalue weighted by Crippen LogP contribution is -2.17. The van der Waals surface area contributed by atoms with Gasteiger partial charge in [-0.25, -0.2) is 0 Å². The Kier molecular flexibility index (Phi) is 6.83. The summed E-state index contributed by atoms with van der Waals surface area (Å²) in [5, 5.41) is 5.81. The maximum absolute atomic E-state index is 13.0. The number of carbonyl (C=O) groups is 2. The molecule has 32 heavy (non-hydrogen) atoms. The van der Waals surface area contributed by atoms with Crippen LogP contribution >= 0.6 is 0 Å². The molecular weight excluding hydrogens is 404 g/mol. The minimum absolute atomic E-state index is 0.271. The van der Waals surface area contributed by atoms with Crippen molar-refractivity contribution in [3.8, 4) is 11.5 Å². The molecule has 0 atom stereocenters. The third kappa shape index (κ3) is 4.91. The number of anilines is 2. The van der Waals surface area contributed by atoms with E-state index in [0.717, 1.165) is 22.3 Å². The van der Waals surface area contributed by atoms with Gasteiger partial charge in [0.15, 0.2) is 0 Å². The van der Waals surface area contributed by atoms with Crippen molar-refractivity contribution in [2.45, 2.75) is 27.7 Å². The lowest BCUT2D eigenvalue weighted by Gasteiger charge is -2.16. The second kappa shape index (κ2) is 9.56. The van der Waals surface area contributed by atoms with E-state index < -0.39 is 0 Å². The van der Waals surface area contributed by atoms with Crippen LogP contribution in [-0.2, 0) is 0 Å². The second-order valence-electron chi connectivity index (χ2n) is 7.80. The van der Waals surface area contributed by atoms with Crippen LogP contribution < -0.4 is 20.1 Å². The van der Waals surface area contributed by atoms with Gasteiger partial charge in [-0.05, 0) is 63.1 Å². The van der Waals surface area contributed by atoms with Crippen LogP contribution in [0.3, 0.4) is 0 Å². The molecule has 0 aromatic heterocycles. The van der Waals surface area contributed by atoms with Gasteiger partial charge in [0.2, 0.25) is 0 Å². The van der Waals surface area contributed by atoms with E-state index in [1.807, 2.05) is 64.1 Å². The van der Waals surface area contributed by atoms with E-state index in [2.05, 4.69) is 10.6 Å². The van der Waals surface area contributed by atoms with Crippen LogP contribution in [0.15, 0.2) is 48.5 Å². The summed E-state index contributed by atoms with van der Waals surface area (Å²) in [6.07, 6.45) is 0. The van der Waals surface area contributed by atoms with Gasteiger partial charge in [-0.3, -0.25) is 9.59 Å². The summed E-state index contributed by atoms with van der Waals surface area (Å²) < 4.78 is 10.9. The molecule has 6 heteroatoms. The number of benzene rings is 3. The lowest BCUT2D eigenvalue weighted by molar-refractivity contribution is 0.101. The monoisotopic (exact) mass is 432 g/mol. The fraction of sp³-hybridized carbons (Fsp3) is 0.231. The molecule has 2 amide bonds. The molecule has 0 bridgehead atoms. The summed E-state index contributed by atoms with van der Waals surface area (Å²) in [5.41, 5.74) is 6.08. The van der Waals surface area contributed by atoms with E-state index in [1.165, 1.54) is 26.4 Å². The van der Waals surface area contributed by atoms with Gasteiger partial charge in [0.1, 0.15) is 11.5 Å². The van der Waals surface area contributed by atoms with Crippen LogP contribution in [-0.4, -0.2) is 26.0 Å². The molecule has 0 saturated heterocycles. The number of hydrogen-bond acceptors (Lipinski definition) is 4. The topological polar surface area (TPSA) is 76.7 Å². The molecule has 166 valence electrons. The number of hydrogen-bond donors (Lipinski definition) is 2. The molecule has 3 rings (SSSR count). The minimum atomic E-state index is -0.353. The maximum Gasteiger partial charge on any atom is 0.259 e. The predicted molar refractivity (Wildman–Crippen MR) is 127 cm³/mol. The quantitative estimate of drug-likeness (QED) is 0.544. The average molecular weight is 433 g/mol. The Balaban J connectivity index is 1.93. The molecule has 6 nitrogen and oxygen atoms in total. The molecule has 0 unspecified atom stereocenters. The number of amides is 2. The molecule has 3 aromatic rings. The third-order valence-electron chi connectivity index (χ3n) is 5.27. The SMILES string of the molecule is COc1cc(C(=O)Nc2ccc(C)cc2C)c(OC)cc1C(=O)Nc1ccc(C)cc1C. The zero-order chi connectivity index (χ0) is 23.4. The average Bonchev–Trinajstić information content (AvgIpc) is 2.76. The highest BCUT2D eigenvalue weighted by molar-refractivity contribution is 6.10. The zero-order valence-electron chi connectivity index (χ0n) is 19.3. The van der Waals surface area contributed by atoms with E-state index in [0.29, 0.717) is 11.4 Å². The zero-order valence-corrected chi connectivity index (χ0v) is 19.3. The number of rotatable bonds is 6. The summed E-state index contributed by atoms with van der Waals surface area (Å²) in [6.45, 7) is 7.85. The number of ether oxygens (including phenoxy) is 2. The van der Waals surface area contributed by atoms with Gasteiger partial charge in [-0.15, -0.1) is 0 Å². The molecule has 0 radical (unpaired) electrons. The molecule has 2 N–H and O–H groups in total. The Labute approximate surface area is 188 Å². The number of carbonyl (C=O) groups excluding carboxylic acids is 2. The normalized spacial score (nSPS) is 10.4. The first-order valence-corrected chi connectivity index (χ1v) is 10.3. The molecule has 0 heterocycles. The van der Waals surface area contributed by atoms with Crippen molar-refractivity contribution in [3.05, 3.63) is 81.9 Å². The molecule has 0 aliphatic carbocycles.